The smallest absolute Gasteiger partial charge is 0.329 e. The van der Waals surface area contributed by atoms with Crippen molar-refractivity contribution in [1.82, 2.24) is 9.88 Å². The van der Waals surface area contributed by atoms with E-state index in [0.717, 1.165) is 4.90 Å². The van der Waals surface area contributed by atoms with E-state index in [4.69, 9.17) is 0 Å². The molecule has 1 aromatic rings. The summed E-state index contributed by atoms with van der Waals surface area (Å²) < 4.78 is 37.4. The van der Waals surface area contributed by atoms with Gasteiger partial charge in [0.05, 0.1) is 5.56 Å². The van der Waals surface area contributed by atoms with Gasteiger partial charge in [-0.15, -0.1) is 0 Å². The first-order valence-corrected chi connectivity index (χ1v) is 6.11. The predicted molar refractivity (Wildman–Crippen MR) is 64.2 cm³/mol. The van der Waals surface area contributed by atoms with Crippen LogP contribution in [-0.4, -0.2) is 35.1 Å². The van der Waals surface area contributed by atoms with Crippen molar-refractivity contribution in [2.75, 3.05) is 13.1 Å². The summed E-state index contributed by atoms with van der Waals surface area (Å²) in [5.74, 6) is -0.672. The van der Waals surface area contributed by atoms with Crippen molar-refractivity contribution in [3.8, 4) is 0 Å². The van der Waals surface area contributed by atoms with Crippen molar-refractivity contribution < 1.29 is 18.0 Å². The average Bonchev–Trinajstić information content (AvgIpc) is 2.26. The molecule has 1 rings (SSSR count). The summed E-state index contributed by atoms with van der Waals surface area (Å²) in [7, 11) is 0. The largest absolute Gasteiger partial charge is 0.406 e. The van der Waals surface area contributed by atoms with Gasteiger partial charge in [0.15, 0.2) is 0 Å². The average molecular weight is 325 g/mol. The third kappa shape index (κ3) is 4.29. The monoisotopic (exact) mass is 324 g/mol. The van der Waals surface area contributed by atoms with Gasteiger partial charge in [0.25, 0.3) is 5.91 Å². The topological polar surface area (TPSA) is 33.2 Å². The van der Waals surface area contributed by atoms with Crippen LogP contribution in [0.1, 0.15) is 23.7 Å². The molecule has 0 spiro atoms. The molecule has 1 amide bonds. The number of hydrogen-bond donors (Lipinski definition) is 0. The molecule has 0 bridgehead atoms. The second-order valence-electron chi connectivity index (χ2n) is 3.68. The zero-order valence-electron chi connectivity index (χ0n) is 9.67. The number of aromatic nitrogens is 1. The van der Waals surface area contributed by atoms with Crippen LogP contribution < -0.4 is 0 Å². The van der Waals surface area contributed by atoms with Gasteiger partial charge >= 0.3 is 6.18 Å². The lowest BCUT2D eigenvalue weighted by atomic mass is 10.2. The standard InChI is InChI=1S/C11H12BrF3N2O/c1-2-6-17(7-11(13,14)15)10(18)8-4-3-5-16-9(8)12/h3-5H,2,6-7H2,1H3. The van der Waals surface area contributed by atoms with Gasteiger partial charge in [0.2, 0.25) is 0 Å². The minimum Gasteiger partial charge on any atom is -0.329 e. The highest BCUT2D eigenvalue weighted by atomic mass is 79.9. The van der Waals surface area contributed by atoms with Gasteiger partial charge in [-0.1, -0.05) is 6.92 Å². The van der Waals surface area contributed by atoms with Crippen LogP contribution in [0.2, 0.25) is 0 Å². The first-order chi connectivity index (χ1) is 8.35. The molecule has 100 valence electrons. The number of alkyl halides is 3. The fourth-order valence-corrected chi connectivity index (χ4v) is 1.87. The molecule has 1 heterocycles. The van der Waals surface area contributed by atoms with Crippen LogP contribution in [0.4, 0.5) is 13.2 Å². The molecule has 0 N–H and O–H groups in total. The van der Waals surface area contributed by atoms with Crippen molar-refractivity contribution in [2.45, 2.75) is 19.5 Å². The molecule has 0 aliphatic carbocycles. The molecule has 0 fully saturated rings. The molecular weight excluding hydrogens is 313 g/mol. The van der Waals surface area contributed by atoms with E-state index < -0.39 is 18.6 Å². The van der Waals surface area contributed by atoms with E-state index in [-0.39, 0.29) is 16.7 Å². The first-order valence-electron chi connectivity index (χ1n) is 5.31. The molecule has 0 aliphatic rings. The van der Waals surface area contributed by atoms with Crippen LogP contribution in [-0.2, 0) is 0 Å². The molecule has 3 nitrogen and oxygen atoms in total. The van der Waals surface area contributed by atoms with E-state index in [1.54, 1.807) is 6.92 Å². The Kier molecular flexibility index (Phi) is 5.13. The van der Waals surface area contributed by atoms with Crippen LogP contribution in [0.3, 0.4) is 0 Å². The number of nitrogens with zero attached hydrogens (tertiary/aromatic N) is 2. The summed E-state index contributed by atoms with van der Waals surface area (Å²) in [4.78, 5) is 16.6. The number of carbonyl (C=O) groups is 1. The Morgan fingerprint density at radius 1 is 1.50 bits per heavy atom. The second-order valence-corrected chi connectivity index (χ2v) is 4.43. The molecule has 18 heavy (non-hydrogen) atoms. The highest BCUT2D eigenvalue weighted by Gasteiger charge is 2.33. The normalized spacial score (nSPS) is 11.4. The van der Waals surface area contributed by atoms with Gasteiger partial charge in [-0.25, -0.2) is 4.98 Å². The summed E-state index contributed by atoms with van der Waals surface area (Å²) in [5.41, 5.74) is 0.134. The lowest BCUT2D eigenvalue weighted by Crippen LogP contribution is -2.39. The van der Waals surface area contributed by atoms with Gasteiger partial charge in [-0.3, -0.25) is 4.79 Å². The van der Waals surface area contributed by atoms with Crippen LogP contribution >= 0.6 is 15.9 Å². The van der Waals surface area contributed by atoms with E-state index in [1.807, 2.05) is 0 Å². The van der Waals surface area contributed by atoms with Crippen LogP contribution in [0.15, 0.2) is 22.9 Å². The van der Waals surface area contributed by atoms with Crippen LogP contribution in [0.5, 0.6) is 0 Å². The van der Waals surface area contributed by atoms with Crippen molar-refractivity contribution in [1.29, 1.82) is 0 Å². The van der Waals surface area contributed by atoms with Crippen molar-refractivity contribution >= 4 is 21.8 Å². The minimum absolute atomic E-state index is 0.0552. The van der Waals surface area contributed by atoms with E-state index in [2.05, 4.69) is 20.9 Å². The van der Waals surface area contributed by atoms with E-state index >= 15 is 0 Å². The van der Waals surface area contributed by atoms with Crippen LogP contribution in [0, 0.1) is 0 Å². The Labute approximate surface area is 111 Å². The maximum Gasteiger partial charge on any atom is 0.406 e. The zero-order chi connectivity index (χ0) is 13.8. The number of hydrogen-bond acceptors (Lipinski definition) is 2. The van der Waals surface area contributed by atoms with Gasteiger partial charge in [0.1, 0.15) is 11.1 Å². The van der Waals surface area contributed by atoms with Crippen molar-refractivity contribution in [2.24, 2.45) is 0 Å². The SMILES string of the molecule is CCCN(CC(F)(F)F)C(=O)c1cccnc1Br. The Balaban J connectivity index is 2.93. The third-order valence-electron chi connectivity index (χ3n) is 2.14. The molecular formula is C11H12BrF3N2O. The lowest BCUT2D eigenvalue weighted by molar-refractivity contribution is -0.140. The van der Waals surface area contributed by atoms with Gasteiger partial charge in [-0.05, 0) is 34.5 Å². The summed E-state index contributed by atoms with van der Waals surface area (Å²) in [6, 6.07) is 2.95. The molecule has 1 aromatic heterocycles. The summed E-state index contributed by atoms with van der Waals surface area (Å²) in [6.45, 7) is 0.523. The fraction of sp³-hybridized carbons (Fsp3) is 0.455. The lowest BCUT2D eigenvalue weighted by Gasteiger charge is -2.23. The van der Waals surface area contributed by atoms with Crippen molar-refractivity contribution in [3.05, 3.63) is 28.5 Å². The molecule has 7 heteroatoms. The van der Waals surface area contributed by atoms with Gasteiger partial charge in [0, 0.05) is 12.7 Å². The maximum absolute atomic E-state index is 12.4. The molecule has 0 unspecified atom stereocenters. The molecule has 0 aromatic carbocycles. The Hall–Kier alpha value is -1.11. The quantitative estimate of drug-likeness (QED) is 0.796. The highest BCUT2D eigenvalue weighted by Crippen LogP contribution is 2.20. The summed E-state index contributed by atoms with van der Waals surface area (Å²) in [5, 5.41) is 0. The number of carbonyl (C=O) groups excluding carboxylic acids is 1. The van der Waals surface area contributed by atoms with E-state index in [9.17, 15) is 18.0 Å². The Bertz CT molecular complexity index is 423. The fourth-order valence-electron chi connectivity index (χ4n) is 1.45. The Morgan fingerprint density at radius 2 is 2.17 bits per heavy atom. The second kappa shape index (κ2) is 6.17. The highest BCUT2D eigenvalue weighted by molar-refractivity contribution is 9.10. The molecule has 0 radical (unpaired) electrons. The van der Waals surface area contributed by atoms with E-state index in [1.165, 1.54) is 18.3 Å². The third-order valence-corrected chi connectivity index (χ3v) is 2.77. The van der Waals surface area contributed by atoms with Crippen molar-refractivity contribution in [3.63, 3.8) is 0 Å². The number of amides is 1. The van der Waals surface area contributed by atoms with E-state index in [0.29, 0.717) is 6.42 Å². The minimum atomic E-state index is -4.40. The summed E-state index contributed by atoms with van der Waals surface area (Å²) >= 11 is 3.06. The molecule has 0 saturated carbocycles. The van der Waals surface area contributed by atoms with Gasteiger partial charge in [-0.2, -0.15) is 13.2 Å². The Morgan fingerprint density at radius 3 is 2.67 bits per heavy atom. The maximum atomic E-state index is 12.4. The number of pyridine rings is 1. The molecule has 0 aliphatic heterocycles. The summed E-state index contributed by atoms with van der Waals surface area (Å²) in [6.07, 6.45) is -2.49. The first kappa shape index (κ1) is 14.9. The number of halogens is 4. The molecule has 0 saturated heterocycles. The predicted octanol–water partition coefficient (Wildman–Crippen LogP) is 3.26. The van der Waals surface area contributed by atoms with Gasteiger partial charge < -0.3 is 4.90 Å². The zero-order valence-corrected chi connectivity index (χ0v) is 11.3. The van der Waals surface area contributed by atoms with Crippen LogP contribution in [0.25, 0.3) is 0 Å². The number of rotatable bonds is 4. The molecule has 0 atom stereocenters.